The number of unbranched alkanes of at least 4 members (excludes halogenated alkanes) is 3. The van der Waals surface area contributed by atoms with Crippen LogP contribution in [0.1, 0.15) is 86.3 Å². The Balaban J connectivity index is 2.06. The van der Waals surface area contributed by atoms with E-state index in [1.807, 2.05) is 0 Å². The lowest BCUT2D eigenvalue weighted by Crippen LogP contribution is -2.50. The van der Waals surface area contributed by atoms with E-state index in [2.05, 4.69) is 70.3 Å². The highest BCUT2D eigenvalue weighted by Crippen LogP contribution is 2.61. The van der Waals surface area contributed by atoms with E-state index in [9.17, 15) is 0 Å². The van der Waals surface area contributed by atoms with Crippen LogP contribution in [0, 0.1) is 0 Å². The third-order valence-electron chi connectivity index (χ3n) is 6.39. The Morgan fingerprint density at radius 3 is 2.32 bits per heavy atom. The van der Waals surface area contributed by atoms with Crippen molar-refractivity contribution in [2.24, 2.45) is 0 Å². The molecule has 0 aliphatic carbocycles. The Morgan fingerprint density at radius 1 is 1.03 bits per heavy atom. The number of aromatic nitrogens is 2. The van der Waals surface area contributed by atoms with E-state index in [-0.39, 0.29) is 0 Å². The normalized spacial score (nSPS) is 20.5. The Kier molecular flexibility index (Phi) is 10.3. The van der Waals surface area contributed by atoms with Gasteiger partial charge in [0.15, 0.2) is 6.73 Å². The Morgan fingerprint density at radius 2 is 1.71 bits per heavy atom. The molecule has 0 N–H and O–H groups in total. The Labute approximate surface area is 197 Å². The average molecular weight is 473 g/mol. The molecule has 0 bridgehead atoms. The summed E-state index contributed by atoms with van der Waals surface area (Å²) in [6.07, 6.45) is 8.16. The summed E-state index contributed by atoms with van der Waals surface area (Å²) in [5.41, 5.74) is 2.20. The molecule has 7 heteroatoms. The number of hydrogen-bond donors (Lipinski definition) is 0. The molecule has 2 rings (SSSR count). The lowest BCUT2D eigenvalue weighted by molar-refractivity contribution is -0.918. The van der Waals surface area contributed by atoms with E-state index in [4.69, 9.17) is 8.92 Å². The van der Waals surface area contributed by atoms with Crippen LogP contribution >= 0.6 is 22.0 Å². The van der Waals surface area contributed by atoms with Crippen molar-refractivity contribution in [1.29, 1.82) is 0 Å². The monoisotopic (exact) mass is 472 g/mol. The van der Waals surface area contributed by atoms with Crippen molar-refractivity contribution in [1.82, 2.24) is 8.75 Å². The van der Waals surface area contributed by atoms with Crippen molar-refractivity contribution in [2.45, 2.75) is 96.3 Å². The molecule has 0 aromatic carbocycles. The topological polar surface area (TPSA) is 44.2 Å². The molecule has 0 fully saturated rings. The molecule has 0 spiro atoms. The second kappa shape index (κ2) is 12.0. The zero-order valence-corrected chi connectivity index (χ0v) is 22.8. The summed E-state index contributed by atoms with van der Waals surface area (Å²) in [4.78, 5) is 0. The molecule has 1 aromatic rings. The van der Waals surface area contributed by atoms with Gasteiger partial charge in [0, 0.05) is 27.7 Å². The molecule has 0 saturated carbocycles. The molecular formula is C24H46N3O2S2+. The molecule has 1 aliphatic rings. The zero-order chi connectivity index (χ0) is 23.1. The SMILES string of the molecule is CCCCCCOc1nsnc1C1=CCC[N+](C)(COS(C(C)C)(C(C)C)C(C)C)C1. The molecule has 1 atom stereocenters. The van der Waals surface area contributed by atoms with Gasteiger partial charge in [0.2, 0.25) is 0 Å². The van der Waals surface area contributed by atoms with Gasteiger partial charge in [-0.05, 0) is 6.42 Å². The number of nitrogens with zero attached hydrogens (tertiary/aromatic N) is 3. The summed E-state index contributed by atoms with van der Waals surface area (Å²) in [5, 5.41) is 1.65. The van der Waals surface area contributed by atoms with E-state index in [1.54, 1.807) is 0 Å². The van der Waals surface area contributed by atoms with Crippen molar-refractivity contribution in [3.63, 3.8) is 0 Å². The minimum Gasteiger partial charge on any atom is -0.475 e. The van der Waals surface area contributed by atoms with Crippen LogP contribution in [-0.4, -0.2) is 62.5 Å². The van der Waals surface area contributed by atoms with E-state index in [0.717, 1.165) is 49.4 Å². The van der Waals surface area contributed by atoms with Gasteiger partial charge >= 0.3 is 0 Å². The van der Waals surface area contributed by atoms with Gasteiger partial charge in [-0.25, -0.2) is 0 Å². The molecule has 2 heterocycles. The summed E-state index contributed by atoms with van der Waals surface area (Å²) in [6, 6.07) is 0. The number of rotatable bonds is 13. The van der Waals surface area contributed by atoms with Gasteiger partial charge in [-0.3, -0.25) is 8.67 Å². The van der Waals surface area contributed by atoms with Gasteiger partial charge in [0.05, 0.1) is 31.9 Å². The van der Waals surface area contributed by atoms with Gasteiger partial charge < -0.3 is 4.74 Å². The molecular weight excluding hydrogens is 426 g/mol. The summed E-state index contributed by atoms with van der Waals surface area (Å²) in [5.74, 6) is 0.716. The van der Waals surface area contributed by atoms with E-state index >= 15 is 0 Å². The lowest BCUT2D eigenvalue weighted by Gasteiger charge is -2.51. The van der Waals surface area contributed by atoms with Crippen LogP contribution in [0.2, 0.25) is 0 Å². The van der Waals surface area contributed by atoms with Gasteiger partial charge in [0.1, 0.15) is 12.2 Å². The fourth-order valence-electron chi connectivity index (χ4n) is 4.82. The van der Waals surface area contributed by atoms with Crippen LogP contribution in [0.25, 0.3) is 5.57 Å². The van der Waals surface area contributed by atoms with Crippen molar-refractivity contribution < 1.29 is 13.4 Å². The maximum absolute atomic E-state index is 6.92. The maximum atomic E-state index is 6.92. The van der Waals surface area contributed by atoms with Gasteiger partial charge in [0.25, 0.3) is 5.88 Å². The third-order valence-corrected chi connectivity index (χ3v) is 11.8. The van der Waals surface area contributed by atoms with Crippen LogP contribution in [-0.2, 0) is 4.18 Å². The lowest BCUT2D eigenvalue weighted by atomic mass is 10.1. The minimum atomic E-state index is -1.17. The summed E-state index contributed by atoms with van der Waals surface area (Å²) >= 11 is 1.26. The molecule has 0 amide bonds. The van der Waals surface area contributed by atoms with Crippen LogP contribution in [0.5, 0.6) is 5.88 Å². The Bertz CT molecular complexity index is 681. The number of ether oxygens (including phenoxy) is 1. The molecule has 180 valence electrons. The van der Waals surface area contributed by atoms with E-state index < -0.39 is 10.3 Å². The second-order valence-corrected chi connectivity index (χ2v) is 14.9. The highest BCUT2D eigenvalue weighted by Gasteiger charge is 2.39. The average Bonchev–Trinajstić information content (AvgIpc) is 3.16. The predicted octanol–water partition coefficient (Wildman–Crippen LogP) is 6.65. The maximum Gasteiger partial charge on any atom is 0.253 e. The first-order valence-electron chi connectivity index (χ1n) is 12.1. The van der Waals surface area contributed by atoms with Crippen molar-refractivity contribution >= 4 is 27.6 Å². The third kappa shape index (κ3) is 6.68. The fraction of sp³-hybridized carbons (Fsp3) is 0.833. The van der Waals surface area contributed by atoms with Crippen LogP contribution < -0.4 is 4.74 Å². The first-order valence-corrected chi connectivity index (χ1v) is 14.6. The molecule has 0 saturated heterocycles. The second-order valence-electron chi connectivity index (χ2n) is 9.94. The number of hydrogen-bond acceptors (Lipinski definition) is 5. The first kappa shape index (κ1) is 26.6. The molecule has 1 unspecified atom stereocenters. The standard InChI is InChI=1S/C24H46N3O2S2/c1-9-10-11-12-16-28-24-23(25-30-26-24)22-14-13-15-27(8,17-22)18-29-31(19(2)3,20(4)5)21(6)7/h14,19-21H,9-13,15-18H2,1-8H3/q+1. The van der Waals surface area contributed by atoms with Crippen LogP contribution in [0.3, 0.4) is 0 Å². The molecule has 31 heavy (non-hydrogen) atoms. The van der Waals surface area contributed by atoms with Gasteiger partial charge in [-0.1, -0.05) is 73.8 Å². The quantitative estimate of drug-likeness (QED) is 0.238. The van der Waals surface area contributed by atoms with Crippen LogP contribution in [0.15, 0.2) is 6.08 Å². The number of likely N-dealkylation sites (N-methyl/N-ethyl adjacent to an activating group) is 1. The zero-order valence-electron chi connectivity index (χ0n) is 21.1. The van der Waals surface area contributed by atoms with Gasteiger partial charge in [-0.2, -0.15) is 4.37 Å². The summed E-state index contributed by atoms with van der Waals surface area (Å²) in [6.45, 7) is 19.7. The van der Waals surface area contributed by atoms with E-state index in [1.165, 1.54) is 36.6 Å². The molecule has 5 nitrogen and oxygen atoms in total. The molecule has 1 aliphatic heterocycles. The highest BCUT2D eigenvalue weighted by atomic mass is 32.3. The largest absolute Gasteiger partial charge is 0.475 e. The fourth-order valence-corrected chi connectivity index (χ4v) is 9.87. The highest BCUT2D eigenvalue weighted by molar-refractivity contribution is 8.31. The molecule has 1 aromatic heterocycles. The first-order chi connectivity index (χ1) is 14.7. The summed E-state index contributed by atoms with van der Waals surface area (Å²) < 4.78 is 22.9. The smallest absolute Gasteiger partial charge is 0.253 e. The number of quaternary nitrogens is 1. The van der Waals surface area contributed by atoms with Crippen molar-refractivity contribution in [3.8, 4) is 5.88 Å². The summed E-state index contributed by atoms with van der Waals surface area (Å²) in [7, 11) is 1.15. The van der Waals surface area contributed by atoms with E-state index in [0.29, 0.717) is 21.6 Å². The predicted molar refractivity (Wildman–Crippen MR) is 137 cm³/mol. The minimum absolute atomic E-state index is 0.550. The Hall–Kier alpha value is -0.630. The van der Waals surface area contributed by atoms with Crippen molar-refractivity contribution in [2.75, 3.05) is 33.5 Å². The van der Waals surface area contributed by atoms with Gasteiger partial charge in [-0.15, -0.1) is 14.7 Å². The van der Waals surface area contributed by atoms with Crippen LogP contribution in [0.4, 0.5) is 0 Å². The van der Waals surface area contributed by atoms with Crippen molar-refractivity contribution in [3.05, 3.63) is 11.8 Å². The molecule has 0 radical (unpaired) electrons.